The van der Waals surface area contributed by atoms with Gasteiger partial charge >= 0.3 is 0 Å². The molecule has 3 N–H and O–H groups in total. The molecule has 0 aliphatic carbocycles. The molecule has 0 spiro atoms. The first-order chi connectivity index (χ1) is 18.9. The van der Waals surface area contributed by atoms with Crippen LogP contribution in [-0.4, -0.2) is 10.9 Å². The summed E-state index contributed by atoms with van der Waals surface area (Å²) in [6.07, 6.45) is 6.58. The van der Waals surface area contributed by atoms with E-state index in [1.807, 2.05) is 51.1 Å². The lowest BCUT2D eigenvalue weighted by atomic mass is 9.89. The fraction of sp³-hybridized carbons (Fsp3) is 0.364. The largest absolute Gasteiger partial charge is 0.357 e. The van der Waals surface area contributed by atoms with Crippen LogP contribution in [0.2, 0.25) is 0 Å². The van der Waals surface area contributed by atoms with Crippen LogP contribution in [0.1, 0.15) is 94.3 Å². The van der Waals surface area contributed by atoms with Crippen LogP contribution in [0.15, 0.2) is 60.7 Å². The normalized spacial score (nSPS) is 11.6. The number of hydrogen-bond acceptors (Lipinski definition) is 2. The quantitative estimate of drug-likeness (QED) is 0.180. The summed E-state index contributed by atoms with van der Waals surface area (Å²) in [5.74, 6) is -0.902. The number of fused-ring (bicyclic) bond motifs is 1. The summed E-state index contributed by atoms with van der Waals surface area (Å²) in [4.78, 5) is 16.5. The number of benzene rings is 3. The third-order valence-corrected chi connectivity index (χ3v) is 6.87. The fourth-order valence-electron chi connectivity index (χ4n) is 4.85. The van der Waals surface area contributed by atoms with Crippen LogP contribution in [0.4, 0.5) is 25.8 Å². The summed E-state index contributed by atoms with van der Waals surface area (Å²) in [5.41, 5.74) is 5.23. The fourth-order valence-corrected chi connectivity index (χ4v) is 4.85. The van der Waals surface area contributed by atoms with Gasteiger partial charge in [0.15, 0.2) is 0 Å². The van der Waals surface area contributed by atoms with E-state index in [1.165, 1.54) is 37.0 Å². The number of aromatic amines is 1. The molecule has 4 nitrogen and oxygen atoms in total. The molecule has 1 amide bonds. The molecule has 0 radical (unpaired) electrons. The summed E-state index contributed by atoms with van der Waals surface area (Å²) in [5, 5.41) is 6.96. The predicted molar refractivity (Wildman–Crippen MR) is 160 cm³/mol. The first-order valence-corrected chi connectivity index (χ1v) is 14.2. The Kier molecular flexibility index (Phi) is 11.1. The van der Waals surface area contributed by atoms with Gasteiger partial charge in [-0.25, -0.2) is 8.78 Å². The topological polar surface area (TPSA) is 56.9 Å². The second-order valence-electron chi connectivity index (χ2n) is 9.55. The van der Waals surface area contributed by atoms with E-state index in [1.54, 1.807) is 0 Å². The lowest BCUT2D eigenvalue weighted by molar-refractivity contribution is 0.102. The molecule has 208 valence electrons. The second kappa shape index (κ2) is 14.5. The maximum Gasteiger partial charge on any atom is 0.255 e. The minimum atomic E-state index is -0.661. The van der Waals surface area contributed by atoms with E-state index >= 15 is 0 Å². The molecule has 39 heavy (non-hydrogen) atoms. The van der Waals surface area contributed by atoms with Crippen LogP contribution >= 0.6 is 0 Å². The van der Waals surface area contributed by atoms with Crippen molar-refractivity contribution in [3.8, 4) is 0 Å². The maximum absolute atomic E-state index is 14.1. The number of nitrogens with one attached hydrogen (secondary N) is 3. The van der Waals surface area contributed by atoms with Crippen molar-refractivity contribution >= 4 is 33.9 Å². The Morgan fingerprint density at radius 3 is 2.28 bits per heavy atom. The van der Waals surface area contributed by atoms with Gasteiger partial charge in [0.25, 0.3) is 5.91 Å². The smallest absolute Gasteiger partial charge is 0.255 e. The van der Waals surface area contributed by atoms with Crippen molar-refractivity contribution in [2.45, 2.75) is 79.1 Å². The van der Waals surface area contributed by atoms with Gasteiger partial charge in [0.05, 0.1) is 11.4 Å². The Balaban J connectivity index is 0.00000205. The number of aromatic nitrogens is 1. The molecule has 3 aromatic carbocycles. The Bertz CT molecular complexity index is 1360. The predicted octanol–water partition coefficient (Wildman–Crippen LogP) is 10.1. The number of unbranched alkanes of at least 4 members (excludes halogenated alkanes) is 1. The van der Waals surface area contributed by atoms with Gasteiger partial charge in [-0.1, -0.05) is 66.0 Å². The maximum atomic E-state index is 14.1. The number of anilines is 3. The van der Waals surface area contributed by atoms with Crippen LogP contribution in [0.5, 0.6) is 0 Å². The number of aryl methyl sites for hydroxylation is 1. The Morgan fingerprint density at radius 1 is 0.897 bits per heavy atom. The third-order valence-electron chi connectivity index (χ3n) is 6.87. The molecule has 4 rings (SSSR count). The molecule has 0 saturated carbocycles. The monoisotopic (exact) mass is 533 g/mol. The van der Waals surface area contributed by atoms with Gasteiger partial charge < -0.3 is 15.6 Å². The SMILES string of the molecule is CC.CCCCC(CCC)c1ccc(C(=O)Nc2c(CC)[nH]c3cc(Nc4ccc(F)cc4F)ccc23)cc1. The van der Waals surface area contributed by atoms with E-state index in [0.717, 1.165) is 41.2 Å². The number of hydrogen-bond donors (Lipinski definition) is 3. The second-order valence-corrected chi connectivity index (χ2v) is 9.55. The highest BCUT2D eigenvalue weighted by Crippen LogP contribution is 2.32. The van der Waals surface area contributed by atoms with E-state index in [-0.39, 0.29) is 11.6 Å². The number of carbonyl (C=O) groups excluding carboxylic acids is 1. The highest BCUT2D eigenvalue weighted by molar-refractivity contribution is 6.10. The number of carbonyl (C=O) groups is 1. The van der Waals surface area contributed by atoms with Crippen molar-refractivity contribution in [1.82, 2.24) is 4.98 Å². The van der Waals surface area contributed by atoms with Crippen molar-refractivity contribution < 1.29 is 13.6 Å². The molecule has 0 aliphatic rings. The van der Waals surface area contributed by atoms with Gasteiger partial charge in [0.2, 0.25) is 0 Å². The zero-order valence-corrected chi connectivity index (χ0v) is 23.8. The molecular weight excluding hydrogens is 492 g/mol. The molecule has 0 saturated heterocycles. The van der Waals surface area contributed by atoms with Crippen molar-refractivity contribution in [3.05, 3.63) is 89.1 Å². The standard InChI is InChI=1S/C31H35F2N3O.C2H6/c1-4-7-9-20(8-5-2)21-10-12-22(13-11-21)31(37)36-30-25-16-15-24(19-29(25)35-27(30)6-3)34-28-17-14-23(32)18-26(28)33;1-2/h10-20,34-35H,4-9H2,1-3H3,(H,36,37);1-2H3. The lowest BCUT2D eigenvalue weighted by Crippen LogP contribution is -2.13. The van der Waals surface area contributed by atoms with Crippen LogP contribution < -0.4 is 10.6 Å². The minimum absolute atomic E-state index is 0.154. The molecule has 1 unspecified atom stereocenters. The lowest BCUT2D eigenvalue weighted by Gasteiger charge is -2.17. The van der Waals surface area contributed by atoms with E-state index in [9.17, 15) is 13.6 Å². The van der Waals surface area contributed by atoms with Crippen molar-refractivity contribution in [1.29, 1.82) is 0 Å². The van der Waals surface area contributed by atoms with Crippen LogP contribution in [0, 0.1) is 11.6 Å². The number of amides is 1. The first kappa shape index (κ1) is 29.9. The van der Waals surface area contributed by atoms with E-state index in [4.69, 9.17) is 0 Å². The Morgan fingerprint density at radius 2 is 1.64 bits per heavy atom. The highest BCUT2D eigenvalue weighted by Gasteiger charge is 2.16. The summed E-state index contributed by atoms with van der Waals surface area (Å²) in [6, 6.07) is 17.0. The van der Waals surface area contributed by atoms with Crippen molar-refractivity contribution in [3.63, 3.8) is 0 Å². The van der Waals surface area contributed by atoms with E-state index < -0.39 is 11.6 Å². The average molecular weight is 534 g/mol. The van der Waals surface area contributed by atoms with Crippen molar-refractivity contribution in [2.24, 2.45) is 0 Å². The zero-order valence-electron chi connectivity index (χ0n) is 23.8. The Hall–Kier alpha value is -3.67. The average Bonchev–Trinajstić information content (AvgIpc) is 3.30. The molecule has 1 heterocycles. The van der Waals surface area contributed by atoms with Crippen LogP contribution in [-0.2, 0) is 6.42 Å². The summed E-state index contributed by atoms with van der Waals surface area (Å²) < 4.78 is 27.3. The zero-order chi connectivity index (χ0) is 28.4. The van der Waals surface area contributed by atoms with Gasteiger partial charge in [0.1, 0.15) is 11.6 Å². The number of H-pyrrole nitrogens is 1. The van der Waals surface area contributed by atoms with Gasteiger partial charge in [-0.15, -0.1) is 0 Å². The summed E-state index contributed by atoms with van der Waals surface area (Å²) in [7, 11) is 0. The van der Waals surface area contributed by atoms with Crippen molar-refractivity contribution in [2.75, 3.05) is 10.6 Å². The highest BCUT2D eigenvalue weighted by atomic mass is 19.1. The molecule has 1 atom stereocenters. The molecule has 0 fully saturated rings. The Labute approximate surface area is 231 Å². The van der Waals surface area contributed by atoms with E-state index in [2.05, 4.69) is 41.6 Å². The number of rotatable bonds is 11. The summed E-state index contributed by atoms with van der Waals surface area (Å²) in [6.45, 7) is 10.5. The van der Waals surface area contributed by atoms with Crippen LogP contribution in [0.25, 0.3) is 10.9 Å². The summed E-state index contributed by atoms with van der Waals surface area (Å²) >= 11 is 0. The molecule has 1 aromatic heterocycles. The first-order valence-electron chi connectivity index (χ1n) is 14.2. The van der Waals surface area contributed by atoms with Gasteiger partial charge in [-0.05, 0) is 73.2 Å². The molecule has 0 bridgehead atoms. The van der Waals surface area contributed by atoms with Gasteiger partial charge in [-0.2, -0.15) is 0 Å². The van der Waals surface area contributed by atoms with Crippen LogP contribution in [0.3, 0.4) is 0 Å². The molecule has 0 aliphatic heterocycles. The third kappa shape index (κ3) is 7.47. The number of halogens is 2. The van der Waals surface area contributed by atoms with Gasteiger partial charge in [-0.3, -0.25) is 4.79 Å². The van der Waals surface area contributed by atoms with E-state index in [0.29, 0.717) is 23.6 Å². The molecule has 6 heteroatoms. The molecular formula is C33H41F2N3O. The molecule has 4 aromatic rings. The minimum Gasteiger partial charge on any atom is -0.357 e. The van der Waals surface area contributed by atoms with Gasteiger partial charge in [0, 0.05) is 33.9 Å².